The topological polar surface area (TPSA) is 104 Å². The first-order valence-electron chi connectivity index (χ1n) is 10.6. The highest BCUT2D eigenvalue weighted by molar-refractivity contribution is 14.0. The quantitative estimate of drug-likeness (QED) is 0.218. The number of anilines is 1. The minimum atomic E-state index is -0.139. The number of nitrogens with zero attached hydrogens (tertiary/aromatic N) is 4. The zero-order chi connectivity index (χ0) is 23.6. The van der Waals surface area contributed by atoms with Crippen LogP contribution in [0.25, 0.3) is 0 Å². The number of aliphatic imine (C=N–C) groups is 1. The van der Waals surface area contributed by atoms with Crippen molar-refractivity contribution in [2.75, 3.05) is 26.5 Å². The Morgan fingerprint density at radius 3 is 2.32 bits per heavy atom. The molecule has 1 heterocycles. The molecular weight excluding hydrogens is 545 g/mol. The normalized spacial score (nSPS) is 10.7. The van der Waals surface area contributed by atoms with Gasteiger partial charge in [-0.25, -0.2) is 0 Å². The maximum Gasteiger partial charge on any atom is 0.253 e. The number of hydrogen-bond acceptors (Lipinski definition) is 4. The smallest absolute Gasteiger partial charge is 0.253 e. The van der Waals surface area contributed by atoms with Crippen molar-refractivity contribution in [1.29, 1.82) is 0 Å². The van der Waals surface area contributed by atoms with Crippen molar-refractivity contribution in [1.82, 2.24) is 25.3 Å². The Balaban J connectivity index is 0.00000408. The van der Waals surface area contributed by atoms with E-state index in [1.165, 1.54) is 0 Å². The Hall–Kier alpha value is -3.41. The Morgan fingerprint density at radius 1 is 1.00 bits per heavy atom. The molecule has 0 atom stereocenters. The van der Waals surface area contributed by atoms with E-state index in [1.54, 1.807) is 49.2 Å². The van der Waals surface area contributed by atoms with E-state index < -0.39 is 0 Å². The summed E-state index contributed by atoms with van der Waals surface area (Å²) < 4.78 is 1.57. The van der Waals surface area contributed by atoms with Crippen molar-refractivity contribution >= 4 is 47.4 Å². The molecule has 0 saturated heterocycles. The molecule has 0 radical (unpaired) electrons. The van der Waals surface area contributed by atoms with Crippen molar-refractivity contribution in [2.24, 2.45) is 4.99 Å². The molecule has 0 spiro atoms. The number of carbonyl (C=O) groups excluding carboxylic acids is 2. The van der Waals surface area contributed by atoms with E-state index in [1.807, 2.05) is 48.5 Å². The van der Waals surface area contributed by atoms with E-state index >= 15 is 0 Å². The minimum absolute atomic E-state index is 0. The molecule has 1 aromatic heterocycles. The van der Waals surface area contributed by atoms with Crippen LogP contribution in [-0.4, -0.2) is 53.6 Å². The maximum atomic E-state index is 12.2. The van der Waals surface area contributed by atoms with Crippen LogP contribution in [-0.2, 0) is 24.4 Å². The minimum Gasteiger partial charge on any atom is -0.352 e. The third kappa shape index (κ3) is 8.18. The number of hydrogen-bond donors (Lipinski definition) is 3. The molecule has 3 N–H and O–H groups in total. The summed E-state index contributed by atoms with van der Waals surface area (Å²) in [6.07, 6.45) is 3.39. The van der Waals surface area contributed by atoms with Crippen molar-refractivity contribution in [3.05, 3.63) is 83.7 Å². The lowest BCUT2D eigenvalue weighted by molar-refractivity contribution is -0.116. The lowest BCUT2D eigenvalue weighted by Crippen LogP contribution is -2.36. The second-order valence-electron chi connectivity index (χ2n) is 7.63. The van der Waals surface area contributed by atoms with Crippen molar-refractivity contribution in [3.63, 3.8) is 0 Å². The first-order chi connectivity index (χ1) is 15.9. The number of guanidine groups is 1. The summed E-state index contributed by atoms with van der Waals surface area (Å²) in [7, 11) is 5.18. The highest BCUT2D eigenvalue weighted by Crippen LogP contribution is 2.11. The standard InChI is InChI=1S/C24H29N7O2.HI/c1-25-24(26-15-18-8-10-20(11-9-18)23(33)30(2)3)27-16-19-6-4-7-21(14-19)29-22(32)17-31-13-5-12-28-31;/h4-14H,15-17H2,1-3H3,(H,29,32)(H2,25,26,27);1H. The average Bonchev–Trinajstić information content (AvgIpc) is 3.32. The molecule has 34 heavy (non-hydrogen) atoms. The summed E-state index contributed by atoms with van der Waals surface area (Å²) in [6, 6.07) is 16.9. The molecule has 0 bridgehead atoms. The summed E-state index contributed by atoms with van der Waals surface area (Å²) in [6.45, 7) is 1.27. The first-order valence-corrected chi connectivity index (χ1v) is 10.6. The second kappa shape index (κ2) is 13.3. The van der Waals surface area contributed by atoms with Gasteiger partial charge in [-0.15, -0.1) is 24.0 Å². The zero-order valence-corrected chi connectivity index (χ0v) is 21.8. The summed E-state index contributed by atoms with van der Waals surface area (Å²) in [5, 5.41) is 13.5. The van der Waals surface area contributed by atoms with Crippen molar-refractivity contribution in [3.8, 4) is 0 Å². The molecule has 3 aromatic rings. The Morgan fingerprint density at radius 2 is 1.71 bits per heavy atom. The van der Waals surface area contributed by atoms with Gasteiger partial charge in [-0.05, 0) is 41.5 Å². The monoisotopic (exact) mass is 575 g/mol. The lowest BCUT2D eigenvalue weighted by atomic mass is 10.1. The molecule has 0 aliphatic heterocycles. The maximum absolute atomic E-state index is 12.2. The summed E-state index contributed by atoms with van der Waals surface area (Å²) >= 11 is 0. The molecule has 10 heteroatoms. The van der Waals surface area contributed by atoms with E-state index in [2.05, 4.69) is 26.0 Å². The Kier molecular flexibility index (Phi) is 10.5. The van der Waals surface area contributed by atoms with Gasteiger partial charge in [-0.1, -0.05) is 24.3 Å². The molecule has 0 aliphatic carbocycles. The van der Waals surface area contributed by atoms with E-state index in [4.69, 9.17) is 0 Å². The summed E-state index contributed by atoms with van der Waals surface area (Å²) in [5.41, 5.74) is 3.42. The van der Waals surface area contributed by atoms with E-state index in [-0.39, 0.29) is 42.3 Å². The first kappa shape index (κ1) is 26.8. The molecule has 0 fully saturated rings. The van der Waals surface area contributed by atoms with Crippen LogP contribution < -0.4 is 16.0 Å². The highest BCUT2D eigenvalue weighted by atomic mass is 127. The number of rotatable bonds is 8. The van der Waals surface area contributed by atoms with Crippen LogP contribution in [0.2, 0.25) is 0 Å². The van der Waals surface area contributed by atoms with Crippen molar-refractivity contribution < 1.29 is 9.59 Å². The molecule has 0 saturated carbocycles. The van der Waals surface area contributed by atoms with Gasteiger partial charge in [0.05, 0.1) is 0 Å². The lowest BCUT2D eigenvalue weighted by Gasteiger charge is -2.14. The predicted molar refractivity (Wildman–Crippen MR) is 144 cm³/mol. The van der Waals surface area contributed by atoms with Gasteiger partial charge in [-0.2, -0.15) is 5.10 Å². The number of amides is 2. The van der Waals surface area contributed by atoms with E-state index in [0.717, 1.165) is 16.8 Å². The van der Waals surface area contributed by atoms with Gasteiger partial charge in [0.15, 0.2) is 5.96 Å². The molecular formula is C24H30IN7O2. The fourth-order valence-electron chi connectivity index (χ4n) is 3.12. The zero-order valence-electron chi connectivity index (χ0n) is 19.5. The molecule has 2 aromatic carbocycles. The fraction of sp³-hybridized carbons (Fsp3) is 0.250. The van der Waals surface area contributed by atoms with Gasteiger partial charge in [0, 0.05) is 57.9 Å². The van der Waals surface area contributed by atoms with Crippen LogP contribution in [0, 0.1) is 0 Å². The van der Waals surface area contributed by atoms with Gasteiger partial charge in [0.2, 0.25) is 5.91 Å². The van der Waals surface area contributed by atoms with Gasteiger partial charge in [0.25, 0.3) is 5.91 Å². The molecule has 0 unspecified atom stereocenters. The van der Waals surface area contributed by atoms with Crippen molar-refractivity contribution in [2.45, 2.75) is 19.6 Å². The van der Waals surface area contributed by atoms with Gasteiger partial charge >= 0.3 is 0 Å². The van der Waals surface area contributed by atoms with E-state index in [0.29, 0.717) is 24.6 Å². The van der Waals surface area contributed by atoms with Crippen LogP contribution >= 0.6 is 24.0 Å². The van der Waals surface area contributed by atoms with Crippen LogP contribution in [0.5, 0.6) is 0 Å². The van der Waals surface area contributed by atoms with Crippen LogP contribution in [0.4, 0.5) is 5.69 Å². The predicted octanol–water partition coefficient (Wildman–Crippen LogP) is 2.71. The third-order valence-electron chi connectivity index (χ3n) is 4.83. The SMILES string of the molecule is CN=C(NCc1ccc(C(=O)N(C)C)cc1)NCc1cccc(NC(=O)Cn2cccn2)c1.I. The molecule has 2 amide bonds. The van der Waals surface area contributed by atoms with Crippen LogP contribution in [0.1, 0.15) is 21.5 Å². The largest absolute Gasteiger partial charge is 0.352 e. The molecule has 0 aliphatic rings. The van der Waals surface area contributed by atoms with Crippen LogP contribution in [0.3, 0.4) is 0 Å². The number of nitrogens with one attached hydrogen (secondary N) is 3. The summed E-state index contributed by atoms with van der Waals surface area (Å²) in [4.78, 5) is 30.0. The number of halogens is 1. The Labute approximate surface area is 216 Å². The molecule has 3 rings (SSSR count). The Bertz CT molecular complexity index is 1100. The van der Waals surface area contributed by atoms with Gasteiger partial charge < -0.3 is 20.9 Å². The highest BCUT2D eigenvalue weighted by Gasteiger charge is 2.08. The van der Waals surface area contributed by atoms with E-state index in [9.17, 15) is 9.59 Å². The number of aromatic nitrogens is 2. The molecule has 180 valence electrons. The average molecular weight is 575 g/mol. The number of benzene rings is 2. The molecule has 9 nitrogen and oxygen atoms in total. The number of carbonyl (C=O) groups is 2. The van der Waals surface area contributed by atoms with Crippen LogP contribution in [0.15, 0.2) is 72.0 Å². The second-order valence-corrected chi connectivity index (χ2v) is 7.63. The summed E-state index contributed by atoms with van der Waals surface area (Å²) in [5.74, 6) is 0.489. The fourth-order valence-corrected chi connectivity index (χ4v) is 3.12. The third-order valence-corrected chi connectivity index (χ3v) is 4.83. The van der Waals surface area contributed by atoms with Gasteiger partial charge in [0.1, 0.15) is 6.54 Å². The van der Waals surface area contributed by atoms with Gasteiger partial charge in [-0.3, -0.25) is 19.3 Å².